The topological polar surface area (TPSA) is 84.7 Å². The molecule has 4 rings (SSSR count). The number of benzene rings is 2. The second kappa shape index (κ2) is 8.69. The van der Waals surface area contributed by atoms with Gasteiger partial charge >= 0.3 is 0 Å². The molecule has 1 aliphatic rings. The largest absolute Gasteiger partial charge is 0.451 e. The van der Waals surface area contributed by atoms with Crippen LogP contribution < -0.4 is 5.43 Å². The molecule has 0 radical (unpaired) electrons. The van der Waals surface area contributed by atoms with Crippen molar-refractivity contribution in [2.75, 3.05) is 11.5 Å². The van der Waals surface area contributed by atoms with Gasteiger partial charge in [-0.15, -0.1) is 0 Å². The van der Waals surface area contributed by atoms with Gasteiger partial charge in [0.05, 0.1) is 16.9 Å². The summed E-state index contributed by atoms with van der Waals surface area (Å²) in [7, 11) is -3.21. The number of hydrogen-bond acceptors (Lipinski definition) is 5. The Hall–Kier alpha value is -2.93. The number of sulfone groups is 1. The molecule has 34 heavy (non-hydrogen) atoms. The Morgan fingerprint density at radius 2 is 1.71 bits per heavy atom. The van der Waals surface area contributed by atoms with E-state index in [1.807, 2.05) is 38.1 Å². The highest BCUT2D eigenvalue weighted by Gasteiger charge is 2.36. The quantitative estimate of drug-likeness (QED) is 0.546. The van der Waals surface area contributed by atoms with Gasteiger partial charge in [0.1, 0.15) is 5.58 Å². The van der Waals surface area contributed by atoms with Gasteiger partial charge in [-0.25, -0.2) is 8.42 Å². The molecule has 1 amide bonds. The predicted octanol–water partition coefficient (Wildman–Crippen LogP) is 4.54. The van der Waals surface area contributed by atoms with Crippen molar-refractivity contribution in [2.45, 2.75) is 59.0 Å². The number of hydrogen-bond donors (Lipinski definition) is 0. The number of aryl methyl sites for hydroxylation is 2. The molecule has 1 aromatic heterocycles. The van der Waals surface area contributed by atoms with Crippen LogP contribution in [-0.2, 0) is 21.8 Å². The van der Waals surface area contributed by atoms with Crippen molar-refractivity contribution in [3.05, 3.63) is 80.7 Å². The lowest BCUT2D eigenvalue weighted by atomic mass is 9.86. The van der Waals surface area contributed by atoms with Gasteiger partial charge in [0, 0.05) is 18.7 Å². The second-order valence-electron chi connectivity index (χ2n) is 10.3. The zero-order valence-corrected chi connectivity index (χ0v) is 21.2. The lowest BCUT2D eigenvalue weighted by molar-refractivity contribution is 0.0648. The van der Waals surface area contributed by atoms with Gasteiger partial charge in [-0.1, -0.05) is 45.0 Å². The van der Waals surface area contributed by atoms with Crippen LogP contribution >= 0.6 is 0 Å². The fraction of sp³-hybridized carbons (Fsp3) is 0.407. The van der Waals surface area contributed by atoms with Crippen molar-refractivity contribution in [1.29, 1.82) is 0 Å². The maximum atomic E-state index is 13.6. The molecule has 1 unspecified atom stereocenters. The van der Waals surface area contributed by atoms with E-state index in [1.54, 1.807) is 17.0 Å². The summed E-state index contributed by atoms with van der Waals surface area (Å²) in [6, 6.07) is 12.3. The van der Waals surface area contributed by atoms with Crippen molar-refractivity contribution in [2.24, 2.45) is 0 Å². The maximum Gasteiger partial charge on any atom is 0.290 e. The van der Waals surface area contributed by atoms with Crippen LogP contribution in [0.4, 0.5) is 0 Å². The Labute approximate surface area is 200 Å². The Balaban J connectivity index is 1.72. The average molecular weight is 482 g/mol. The van der Waals surface area contributed by atoms with Crippen LogP contribution in [0.25, 0.3) is 11.0 Å². The van der Waals surface area contributed by atoms with Crippen molar-refractivity contribution in [3.8, 4) is 0 Å². The number of carbonyl (C=O) groups excluding carboxylic acids is 1. The average Bonchev–Trinajstić information content (AvgIpc) is 3.12. The molecule has 6 nitrogen and oxygen atoms in total. The summed E-state index contributed by atoms with van der Waals surface area (Å²) in [5, 5.41) is 0.424. The van der Waals surface area contributed by atoms with Gasteiger partial charge in [-0.3, -0.25) is 9.59 Å². The minimum absolute atomic E-state index is 0.00143. The van der Waals surface area contributed by atoms with Crippen molar-refractivity contribution < 1.29 is 17.6 Å². The molecule has 2 aromatic carbocycles. The van der Waals surface area contributed by atoms with Crippen LogP contribution in [0.3, 0.4) is 0 Å². The minimum atomic E-state index is -3.21. The Morgan fingerprint density at radius 3 is 2.29 bits per heavy atom. The lowest BCUT2D eigenvalue weighted by Gasteiger charge is -2.28. The maximum absolute atomic E-state index is 13.6. The molecule has 7 heteroatoms. The van der Waals surface area contributed by atoms with Crippen LogP contribution in [0.15, 0.2) is 51.7 Å². The molecule has 0 aliphatic carbocycles. The van der Waals surface area contributed by atoms with Crippen molar-refractivity contribution in [3.63, 3.8) is 0 Å². The van der Waals surface area contributed by atoms with Gasteiger partial charge in [0.25, 0.3) is 5.91 Å². The third-order valence-corrected chi connectivity index (χ3v) is 8.39. The highest BCUT2D eigenvalue weighted by atomic mass is 32.2. The Morgan fingerprint density at radius 1 is 1.06 bits per heavy atom. The summed E-state index contributed by atoms with van der Waals surface area (Å²) in [5.74, 6) is -0.588. The third kappa shape index (κ3) is 4.94. The number of amides is 1. The number of fused-ring (bicyclic) bond motifs is 1. The summed E-state index contributed by atoms with van der Waals surface area (Å²) in [6.07, 6.45) is 0.365. The number of nitrogens with zero attached hydrogens (tertiary/aromatic N) is 1. The predicted molar refractivity (Wildman–Crippen MR) is 134 cm³/mol. The van der Waals surface area contributed by atoms with E-state index in [0.717, 1.165) is 16.7 Å². The first-order valence-electron chi connectivity index (χ1n) is 11.5. The highest BCUT2D eigenvalue weighted by Crippen LogP contribution is 2.26. The van der Waals surface area contributed by atoms with E-state index in [-0.39, 0.29) is 34.7 Å². The first-order chi connectivity index (χ1) is 15.8. The first-order valence-corrected chi connectivity index (χ1v) is 13.3. The van der Waals surface area contributed by atoms with Gasteiger partial charge in [-0.2, -0.15) is 0 Å². The van der Waals surface area contributed by atoms with E-state index in [4.69, 9.17) is 4.42 Å². The molecular formula is C27H31NO5S. The van der Waals surface area contributed by atoms with E-state index >= 15 is 0 Å². The molecular weight excluding hydrogens is 450 g/mol. The molecule has 3 aromatic rings. The molecule has 1 aliphatic heterocycles. The SMILES string of the molecule is Cc1cc2oc(C(=O)N(Cc3ccc(C(C)(C)C)cc3)C3CCS(=O)(=O)C3)cc(=O)c2cc1C. The molecule has 1 saturated heterocycles. The molecule has 0 N–H and O–H groups in total. The van der Waals surface area contributed by atoms with E-state index in [2.05, 4.69) is 20.8 Å². The van der Waals surface area contributed by atoms with Crippen molar-refractivity contribution in [1.82, 2.24) is 4.90 Å². The van der Waals surface area contributed by atoms with Gasteiger partial charge < -0.3 is 9.32 Å². The van der Waals surface area contributed by atoms with E-state index in [1.165, 1.54) is 11.6 Å². The van der Waals surface area contributed by atoms with Crippen LogP contribution in [0.2, 0.25) is 0 Å². The summed E-state index contributed by atoms with van der Waals surface area (Å²) >= 11 is 0. The second-order valence-corrected chi connectivity index (χ2v) is 12.6. The zero-order chi connectivity index (χ0) is 24.8. The Bertz CT molecular complexity index is 1410. The van der Waals surface area contributed by atoms with E-state index < -0.39 is 21.8 Å². The Kier molecular flexibility index (Phi) is 6.19. The molecule has 0 saturated carbocycles. The molecule has 1 fully saturated rings. The first kappa shape index (κ1) is 24.2. The zero-order valence-electron chi connectivity index (χ0n) is 20.3. The van der Waals surface area contributed by atoms with Crippen LogP contribution in [0.1, 0.15) is 60.0 Å². The van der Waals surface area contributed by atoms with Crippen LogP contribution in [0.5, 0.6) is 0 Å². The minimum Gasteiger partial charge on any atom is -0.451 e. The fourth-order valence-corrected chi connectivity index (χ4v) is 6.08. The smallest absolute Gasteiger partial charge is 0.290 e. The third-order valence-electron chi connectivity index (χ3n) is 6.64. The molecule has 180 valence electrons. The summed E-state index contributed by atoms with van der Waals surface area (Å²) in [4.78, 5) is 27.9. The molecule has 0 spiro atoms. The van der Waals surface area contributed by atoms with Gasteiger partial charge in [0.15, 0.2) is 21.0 Å². The lowest BCUT2D eigenvalue weighted by Crippen LogP contribution is -2.41. The standard InChI is InChI=1S/C27H31NO5S/c1-17-12-22-23(29)14-25(33-24(22)13-18(17)2)26(30)28(21-10-11-34(31,32)16-21)15-19-6-8-20(9-7-19)27(3,4)5/h6-9,12-14,21H,10-11,15-16H2,1-5H3. The molecule has 0 bridgehead atoms. The van der Waals surface area contributed by atoms with E-state index in [0.29, 0.717) is 17.4 Å². The van der Waals surface area contributed by atoms with Crippen LogP contribution in [0, 0.1) is 13.8 Å². The van der Waals surface area contributed by atoms with Gasteiger partial charge in [-0.05, 0) is 60.1 Å². The van der Waals surface area contributed by atoms with Crippen LogP contribution in [-0.4, -0.2) is 36.8 Å². The van der Waals surface area contributed by atoms with Crippen molar-refractivity contribution >= 4 is 26.7 Å². The van der Waals surface area contributed by atoms with E-state index in [9.17, 15) is 18.0 Å². The summed E-state index contributed by atoms with van der Waals surface area (Å²) in [5.41, 5.74) is 4.05. The number of rotatable bonds is 4. The normalized spacial score (nSPS) is 17.7. The molecule has 2 heterocycles. The molecule has 1 atom stereocenters. The van der Waals surface area contributed by atoms with Gasteiger partial charge in [0.2, 0.25) is 0 Å². The summed E-state index contributed by atoms with van der Waals surface area (Å²) in [6.45, 7) is 10.5. The number of carbonyl (C=O) groups is 1. The fourth-order valence-electron chi connectivity index (χ4n) is 4.35. The summed E-state index contributed by atoms with van der Waals surface area (Å²) < 4.78 is 30.3. The monoisotopic (exact) mass is 481 g/mol. The highest BCUT2D eigenvalue weighted by molar-refractivity contribution is 7.91.